The number of esters is 1. The van der Waals surface area contributed by atoms with Gasteiger partial charge in [0.15, 0.2) is 6.10 Å². The summed E-state index contributed by atoms with van der Waals surface area (Å²) in [5.74, 6) is -2.16. The van der Waals surface area contributed by atoms with E-state index in [1.807, 2.05) is 42.5 Å². The minimum absolute atomic E-state index is 0.0875. The van der Waals surface area contributed by atoms with Gasteiger partial charge in [0.2, 0.25) is 0 Å². The standard InChI is InChI=1S/C25H20N2O5/c1-15(22(28)26-21-11-7-6-10-18(21)16-8-4-3-5-9-16)32-25(31)17-12-13-19-20(14-17)24(30)27(2)23(19)29/h3-15H,1-2H3,(H,26,28). The number of fused-ring (bicyclic) bond motifs is 1. The molecule has 3 aromatic rings. The Morgan fingerprint density at radius 2 is 1.50 bits per heavy atom. The molecule has 1 heterocycles. The zero-order valence-electron chi connectivity index (χ0n) is 17.5. The summed E-state index contributed by atoms with van der Waals surface area (Å²) >= 11 is 0. The van der Waals surface area contributed by atoms with Gasteiger partial charge in [0.25, 0.3) is 17.7 Å². The number of nitrogens with one attached hydrogen (secondary N) is 1. The third-order valence-corrected chi connectivity index (χ3v) is 5.25. The van der Waals surface area contributed by atoms with Crippen LogP contribution in [-0.4, -0.2) is 41.7 Å². The summed E-state index contributed by atoms with van der Waals surface area (Å²) in [6, 6.07) is 21.1. The molecule has 0 saturated carbocycles. The lowest BCUT2D eigenvalue weighted by Crippen LogP contribution is -2.30. The Morgan fingerprint density at radius 3 is 2.25 bits per heavy atom. The van der Waals surface area contributed by atoms with Gasteiger partial charge in [-0.15, -0.1) is 0 Å². The molecule has 1 aliphatic heterocycles. The van der Waals surface area contributed by atoms with E-state index in [1.54, 1.807) is 12.1 Å². The molecule has 1 atom stereocenters. The molecule has 0 radical (unpaired) electrons. The molecule has 32 heavy (non-hydrogen) atoms. The molecule has 7 heteroatoms. The van der Waals surface area contributed by atoms with Gasteiger partial charge in [0, 0.05) is 18.3 Å². The zero-order chi connectivity index (χ0) is 22.8. The van der Waals surface area contributed by atoms with Gasteiger partial charge in [-0.3, -0.25) is 19.3 Å². The van der Waals surface area contributed by atoms with E-state index in [4.69, 9.17) is 4.74 Å². The molecular weight excluding hydrogens is 408 g/mol. The molecular formula is C25H20N2O5. The number of imide groups is 1. The number of amides is 3. The maximum atomic E-state index is 12.7. The summed E-state index contributed by atoms with van der Waals surface area (Å²) in [5.41, 5.74) is 2.83. The van der Waals surface area contributed by atoms with E-state index in [-0.39, 0.29) is 16.7 Å². The number of hydrogen-bond acceptors (Lipinski definition) is 5. The highest BCUT2D eigenvalue weighted by atomic mass is 16.5. The van der Waals surface area contributed by atoms with Crippen LogP contribution in [0.4, 0.5) is 5.69 Å². The minimum atomic E-state index is -1.08. The van der Waals surface area contributed by atoms with Gasteiger partial charge in [-0.25, -0.2) is 4.79 Å². The number of anilines is 1. The molecule has 1 aliphatic rings. The Labute approximate surface area is 184 Å². The van der Waals surface area contributed by atoms with Crippen molar-refractivity contribution in [3.05, 3.63) is 89.5 Å². The van der Waals surface area contributed by atoms with Crippen LogP contribution in [-0.2, 0) is 9.53 Å². The molecule has 7 nitrogen and oxygen atoms in total. The quantitative estimate of drug-likeness (QED) is 0.493. The van der Waals surface area contributed by atoms with Gasteiger partial charge >= 0.3 is 5.97 Å². The van der Waals surface area contributed by atoms with E-state index in [0.717, 1.165) is 16.0 Å². The third kappa shape index (κ3) is 3.88. The van der Waals surface area contributed by atoms with Gasteiger partial charge in [-0.05, 0) is 36.8 Å². The fourth-order valence-corrected chi connectivity index (χ4v) is 3.47. The molecule has 1 unspecified atom stereocenters. The number of benzene rings is 3. The second-order valence-corrected chi connectivity index (χ2v) is 7.38. The number of para-hydroxylation sites is 1. The average Bonchev–Trinajstić information content (AvgIpc) is 3.03. The topological polar surface area (TPSA) is 92.8 Å². The Hall–Kier alpha value is -4.26. The van der Waals surface area contributed by atoms with Crippen LogP contribution in [0.2, 0.25) is 0 Å². The fraction of sp³-hybridized carbons (Fsp3) is 0.120. The van der Waals surface area contributed by atoms with Crippen LogP contribution in [0.15, 0.2) is 72.8 Å². The van der Waals surface area contributed by atoms with Crippen molar-refractivity contribution >= 4 is 29.4 Å². The molecule has 3 amide bonds. The summed E-state index contributed by atoms with van der Waals surface area (Å²) in [6.45, 7) is 1.47. The number of carbonyl (C=O) groups excluding carboxylic acids is 4. The number of hydrogen-bond donors (Lipinski definition) is 1. The Morgan fingerprint density at radius 1 is 0.844 bits per heavy atom. The molecule has 160 valence electrons. The fourth-order valence-electron chi connectivity index (χ4n) is 3.47. The first-order valence-corrected chi connectivity index (χ1v) is 9.99. The van der Waals surface area contributed by atoms with Gasteiger partial charge in [-0.1, -0.05) is 48.5 Å². The Balaban J connectivity index is 1.47. The van der Waals surface area contributed by atoms with Crippen molar-refractivity contribution < 1.29 is 23.9 Å². The van der Waals surface area contributed by atoms with Crippen molar-refractivity contribution in [2.45, 2.75) is 13.0 Å². The van der Waals surface area contributed by atoms with Gasteiger partial charge < -0.3 is 10.1 Å². The summed E-state index contributed by atoms with van der Waals surface area (Å²) < 4.78 is 5.30. The van der Waals surface area contributed by atoms with E-state index in [9.17, 15) is 19.2 Å². The van der Waals surface area contributed by atoms with Crippen molar-refractivity contribution in [1.29, 1.82) is 0 Å². The first kappa shape index (κ1) is 21.0. The average molecular weight is 428 g/mol. The van der Waals surface area contributed by atoms with E-state index in [1.165, 1.54) is 32.2 Å². The van der Waals surface area contributed by atoms with Crippen LogP contribution in [0.25, 0.3) is 11.1 Å². The van der Waals surface area contributed by atoms with Crippen LogP contribution in [0, 0.1) is 0 Å². The van der Waals surface area contributed by atoms with Crippen LogP contribution in [0.5, 0.6) is 0 Å². The van der Waals surface area contributed by atoms with E-state index in [0.29, 0.717) is 5.69 Å². The highest BCUT2D eigenvalue weighted by Gasteiger charge is 2.33. The first-order valence-electron chi connectivity index (χ1n) is 9.99. The maximum Gasteiger partial charge on any atom is 0.338 e. The van der Waals surface area contributed by atoms with Crippen molar-refractivity contribution in [3.8, 4) is 11.1 Å². The molecule has 1 N–H and O–H groups in total. The van der Waals surface area contributed by atoms with Crippen LogP contribution in [0.1, 0.15) is 38.0 Å². The molecule has 0 aromatic heterocycles. The van der Waals surface area contributed by atoms with Gasteiger partial charge in [0.1, 0.15) is 0 Å². The summed E-state index contributed by atoms with van der Waals surface area (Å²) in [7, 11) is 1.38. The van der Waals surface area contributed by atoms with Crippen LogP contribution >= 0.6 is 0 Å². The molecule has 0 saturated heterocycles. The number of ether oxygens (including phenoxy) is 1. The summed E-state index contributed by atoms with van der Waals surface area (Å²) in [6.07, 6.45) is -1.08. The molecule has 0 aliphatic carbocycles. The smallest absolute Gasteiger partial charge is 0.338 e. The zero-order valence-corrected chi connectivity index (χ0v) is 17.5. The second kappa shape index (κ2) is 8.47. The predicted molar refractivity (Wildman–Crippen MR) is 118 cm³/mol. The molecule has 4 rings (SSSR count). The van der Waals surface area contributed by atoms with Crippen molar-refractivity contribution in [1.82, 2.24) is 4.90 Å². The lowest BCUT2D eigenvalue weighted by Gasteiger charge is -2.16. The van der Waals surface area contributed by atoms with Crippen molar-refractivity contribution in [3.63, 3.8) is 0 Å². The minimum Gasteiger partial charge on any atom is -0.449 e. The second-order valence-electron chi connectivity index (χ2n) is 7.38. The SMILES string of the molecule is CC(OC(=O)c1ccc2c(c1)C(=O)N(C)C2=O)C(=O)Nc1ccccc1-c1ccccc1. The number of rotatable bonds is 5. The monoisotopic (exact) mass is 428 g/mol. The van der Waals surface area contributed by atoms with Gasteiger partial charge in [0.05, 0.1) is 16.7 Å². The maximum absolute atomic E-state index is 12.7. The first-order chi connectivity index (χ1) is 15.4. The Bertz CT molecular complexity index is 1240. The number of nitrogens with zero attached hydrogens (tertiary/aromatic N) is 1. The number of carbonyl (C=O) groups is 4. The molecule has 0 fully saturated rings. The van der Waals surface area contributed by atoms with E-state index < -0.39 is 29.8 Å². The van der Waals surface area contributed by atoms with Crippen molar-refractivity contribution in [2.24, 2.45) is 0 Å². The molecule has 0 spiro atoms. The molecule has 0 bridgehead atoms. The van der Waals surface area contributed by atoms with Gasteiger partial charge in [-0.2, -0.15) is 0 Å². The highest BCUT2D eigenvalue weighted by Crippen LogP contribution is 2.28. The van der Waals surface area contributed by atoms with Crippen molar-refractivity contribution in [2.75, 3.05) is 12.4 Å². The largest absolute Gasteiger partial charge is 0.449 e. The Kier molecular flexibility index (Phi) is 5.55. The lowest BCUT2D eigenvalue weighted by atomic mass is 10.0. The summed E-state index contributed by atoms with van der Waals surface area (Å²) in [4.78, 5) is 50.4. The van der Waals surface area contributed by atoms with E-state index >= 15 is 0 Å². The normalized spacial score (nSPS) is 13.5. The van der Waals surface area contributed by atoms with Crippen LogP contribution < -0.4 is 5.32 Å². The lowest BCUT2D eigenvalue weighted by molar-refractivity contribution is -0.123. The predicted octanol–water partition coefficient (Wildman–Crippen LogP) is 3.76. The summed E-state index contributed by atoms with van der Waals surface area (Å²) in [5, 5.41) is 2.80. The third-order valence-electron chi connectivity index (χ3n) is 5.25. The van der Waals surface area contributed by atoms with Crippen LogP contribution in [0.3, 0.4) is 0 Å². The van der Waals surface area contributed by atoms with E-state index in [2.05, 4.69) is 5.32 Å². The highest BCUT2D eigenvalue weighted by molar-refractivity contribution is 6.21. The molecule has 3 aromatic carbocycles.